The van der Waals surface area contributed by atoms with Gasteiger partial charge in [0, 0.05) is 12.2 Å². The van der Waals surface area contributed by atoms with Gasteiger partial charge in [-0.15, -0.1) is 0 Å². The van der Waals surface area contributed by atoms with Crippen molar-refractivity contribution in [3.63, 3.8) is 0 Å². The zero-order valence-electron chi connectivity index (χ0n) is 15.7. The zero-order valence-corrected chi connectivity index (χ0v) is 15.7. The average molecular weight is 376 g/mol. The molecule has 3 rings (SSSR count). The molecule has 0 spiro atoms. The molecule has 0 aliphatic carbocycles. The van der Waals surface area contributed by atoms with Crippen LogP contribution in [0.1, 0.15) is 17.2 Å². The Morgan fingerprint density at radius 3 is 2.14 bits per heavy atom. The number of nitrogens with one attached hydrogen (secondary N) is 2. The molecule has 3 aromatic carbocycles. The number of methoxy groups -OCH3 is 1. The first-order valence-electron chi connectivity index (χ1n) is 9.12. The summed E-state index contributed by atoms with van der Waals surface area (Å²) >= 11 is 0. The van der Waals surface area contributed by atoms with E-state index < -0.39 is 18.1 Å². The van der Waals surface area contributed by atoms with Crippen LogP contribution in [-0.4, -0.2) is 24.2 Å². The number of ether oxygens (including phenoxy) is 1. The number of aliphatic hydroxyl groups excluding tert-OH is 1. The fraction of sp³-hybridized carbons (Fsp3) is 0.174. The van der Waals surface area contributed by atoms with Gasteiger partial charge in [0.2, 0.25) is 0 Å². The van der Waals surface area contributed by atoms with E-state index in [1.807, 2.05) is 84.9 Å². The Labute approximate surface area is 165 Å². The number of anilines is 1. The van der Waals surface area contributed by atoms with Gasteiger partial charge in [0.25, 0.3) is 5.91 Å². The molecule has 3 N–H and O–H groups in total. The monoisotopic (exact) mass is 376 g/mol. The van der Waals surface area contributed by atoms with Crippen molar-refractivity contribution in [3.8, 4) is 5.75 Å². The van der Waals surface area contributed by atoms with Crippen molar-refractivity contribution in [1.29, 1.82) is 0 Å². The van der Waals surface area contributed by atoms with Crippen molar-refractivity contribution in [1.82, 2.24) is 5.32 Å². The lowest BCUT2D eigenvalue weighted by atomic mass is 10.00. The Balaban J connectivity index is 1.74. The summed E-state index contributed by atoms with van der Waals surface area (Å²) in [4.78, 5) is 12.6. The molecule has 0 heterocycles. The van der Waals surface area contributed by atoms with Crippen LogP contribution >= 0.6 is 0 Å². The molecule has 2 atom stereocenters. The molecule has 0 saturated carbocycles. The Morgan fingerprint density at radius 1 is 0.929 bits per heavy atom. The minimum absolute atomic E-state index is 0.362. The maximum Gasteiger partial charge on any atom is 0.251 e. The smallest absolute Gasteiger partial charge is 0.251 e. The standard InChI is InChI=1S/C23H24N2O3/c1-28-20-14-12-19(13-15-20)25-21(18-10-6-3-7-11-18)22(26)23(27)24-16-17-8-4-2-5-9-17/h2-15,21-22,25-26H,16H2,1H3,(H,24,27)/t21-,22+/m1/s1. The van der Waals surface area contributed by atoms with Gasteiger partial charge < -0.3 is 20.5 Å². The fourth-order valence-electron chi connectivity index (χ4n) is 2.91. The third kappa shape index (κ3) is 5.11. The van der Waals surface area contributed by atoms with Gasteiger partial charge >= 0.3 is 0 Å². The first-order chi connectivity index (χ1) is 13.7. The van der Waals surface area contributed by atoms with Crippen LogP contribution in [0.3, 0.4) is 0 Å². The number of rotatable bonds is 8. The lowest BCUT2D eigenvalue weighted by molar-refractivity contribution is -0.130. The van der Waals surface area contributed by atoms with Crippen molar-refractivity contribution in [3.05, 3.63) is 96.1 Å². The molecule has 0 saturated heterocycles. The van der Waals surface area contributed by atoms with Crippen LogP contribution in [-0.2, 0) is 11.3 Å². The predicted octanol–water partition coefficient (Wildman–Crippen LogP) is 3.53. The Hall–Kier alpha value is -3.31. The van der Waals surface area contributed by atoms with Crippen LogP contribution in [0, 0.1) is 0 Å². The molecular formula is C23H24N2O3. The van der Waals surface area contributed by atoms with E-state index in [-0.39, 0.29) is 0 Å². The summed E-state index contributed by atoms with van der Waals surface area (Å²) in [6.07, 6.45) is -1.26. The number of carbonyl (C=O) groups is 1. The van der Waals surface area contributed by atoms with Gasteiger partial charge in [0.1, 0.15) is 5.75 Å². The van der Waals surface area contributed by atoms with Crippen LogP contribution < -0.4 is 15.4 Å². The molecule has 0 fully saturated rings. The lowest BCUT2D eigenvalue weighted by Crippen LogP contribution is -2.40. The van der Waals surface area contributed by atoms with Crippen molar-refractivity contribution in [2.24, 2.45) is 0 Å². The van der Waals surface area contributed by atoms with Gasteiger partial charge in [0.15, 0.2) is 6.10 Å². The molecule has 0 bridgehead atoms. The Morgan fingerprint density at radius 2 is 1.54 bits per heavy atom. The van der Waals surface area contributed by atoms with Gasteiger partial charge in [-0.1, -0.05) is 60.7 Å². The molecule has 5 nitrogen and oxygen atoms in total. The lowest BCUT2D eigenvalue weighted by Gasteiger charge is -2.25. The predicted molar refractivity (Wildman–Crippen MR) is 110 cm³/mol. The number of amides is 1. The second kappa shape index (κ2) is 9.58. The third-order valence-electron chi connectivity index (χ3n) is 4.46. The number of aliphatic hydroxyl groups is 1. The highest BCUT2D eigenvalue weighted by molar-refractivity contribution is 5.82. The van der Waals surface area contributed by atoms with Gasteiger partial charge in [0.05, 0.1) is 13.2 Å². The summed E-state index contributed by atoms with van der Waals surface area (Å²) in [5, 5.41) is 16.8. The summed E-state index contributed by atoms with van der Waals surface area (Å²) in [5.74, 6) is 0.307. The second-order valence-electron chi connectivity index (χ2n) is 6.41. The van der Waals surface area contributed by atoms with Crippen LogP contribution in [0.25, 0.3) is 0 Å². The normalized spacial score (nSPS) is 12.6. The fourth-order valence-corrected chi connectivity index (χ4v) is 2.91. The third-order valence-corrected chi connectivity index (χ3v) is 4.46. The number of carbonyl (C=O) groups excluding carboxylic acids is 1. The minimum atomic E-state index is -1.26. The van der Waals surface area contributed by atoms with E-state index in [0.717, 1.165) is 22.6 Å². The molecule has 0 aliphatic heterocycles. The quantitative estimate of drug-likeness (QED) is 0.563. The molecule has 1 amide bonds. The van der Waals surface area contributed by atoms with Crippen LogP contribution in [0.15, 0.2) is 84.9 Å². The molecule has 144 valence electrons. The molecule has 3 aromatic rings. The summed E-state index contributed by atoms with van der Waals surface area (Å²) in [6, 6.07) is 25.8. The number of hydrogen-bond acceptors (Lipinski definition) is 4. The maximum absolute atomic E-state index is 12.6. The average Bonchev–Trinajstić information content (AvgIpc) is 2.77. The highest BCUT2D eigenvalue weighted by Gasteiger charge is 2.27. The van der Waals surface area contributed by atoms with Crippen LogP contribution in [0.5, 0.6) is 5.75 Å². The molecule has 0 radical (unpaired) electrons. The van der Waals surface area contributed by atoms with Crippen molar-refractivity contribution in [2.45, 2.75) is 18.7 Å². The number of hydrogen-bond donors (Lipinski definition) is 3. The Bertz CT molecular complexity index is 867. The SMILES string of the molecule is COc1ccc(N[C@H](c2ccccc2)[C@H](O)C(=O)NCc2ccccc2)cc1. The van der Waals surface area contributed by atoms with E-state index >= 15 is 0 Å². The zero-order chi connectivity index (χ0) is 19.8. The van der Waals surface area contributed by atoms with E-state index in [1.54, 1.807) is 7.11 Å². The summed E-state index contributed by atoms with van der Waals surface area (Å²) in [6.45, 7) is 0.362. The van der Waals surface area contributed by atoms with Crippen LogP contribution in [0.4, 0.5) is 5.69 Å². The Kier molecular flexibility index (Phi) is 6.65. The molecule has 0 aliphatic rings. The minimum Gasteiger partial charge on any atom is -0.497 e. The summed E-state index contributed by atoms with van der Waals surface area (Å²) in [5.41, 5.74) is 2.58. The number of benzene rings is 3. The summed E-state index contributed by atoms with van der Waals surface area (Å²) < 4.78 is 5.18. The van der Waals surface area contributed by atoms with Gasteiger partial charge in [-0.3, -0.25) is 4.79 Å². The van der Waals surface area contributed by atoms with Crippen LogP contribution in [0.2, 0.25) is 0 Å². The molecular weight excluding hydrogens is 352 g/mol. The van der Waals surface area contributed by atoms with Crippen molar-refractivity contribution in [2.75, 3.05) is 12.4 Å². The van der Waals surface area contributed by atoms with Crippen molar-refractivity contribution >= 4 is 11.6 Å². The molecule has 5 heteroatoms. The van der Waals surface area contributed by atoms with E-state index in [1.165, 1.54) is 0 Å². The topological polar surface area (TPSA) is 70.6 Å². The highest BCUT2D eigenvalue weighted by Crippen LogP contribution is 2.24. The maximum atomic E-state index is 12.6. The largest absolute Gasteiger partial charge is 0.497 e. The van der Waals surface area contributed by atoms with E-state index in [4.69, 9.17) is 4.74 Å². The van der Waals surface area contributed by atoms with Gasteiger partial charge in [-0.2, -0.15) is 0 Å². The highest BCUT2D eigenvalue weighted by atomic mass is 16.5. The van der Waals surface area contributed by atoms with E-state index in [0.29, 0.717) is 6.54 Å². The van der Waals surface area contributed by atoms with E-state index in [2.05, 4.69) is 10.6 Å². The van der Waals surface area contributed by atoms with Gasteiger partial charge in [-0.05, 0) is 35.4 Å². The summed E-state index contributed by atoms with van der Waals surface area (Å²) in [7, 11) is 1.61. The molecule has 0 unspecified atom stereocenters. The first-order valence-corrected chi connectivity index (χ1v) is 9.12. The van der Waals surface area contributed by atoms with Gasteiger partial charge in [-0.25, -0.2) is 0 Å². The molecule has 28 heavy (non-hydrogen) atoms. The first kappa shape index (κ1) is 19.5. The molecule has 0 aromatic heterocycles. The second-order valence-corrected chi connectivity index (χ2v) is 6.41. The van der Waals surface area contributed by atoms with E-state index in [9.17, 15) is 9.90 Å². The van der Waals surface area contributed by atoms with Crippen molar-refractivity contribution < 1.29 is 14.6 Å².